The van der Waals surface area contributed by atoms with Crippen LogP contribution in [-0.2, 0) is 9.92 Å². The number of nitrogens with one attached hydrogen (secondary N) is 1. The van der Waals surface area contributed by atoms with E-state index in [0.29, 0.717) is 10.6 Å². The van der Waals surface area contributed by atoms with Gasteiger partial charge in [0.2, 0.25) is 0 Å². The van der Waals surface area contributed by atoms with Crippen molar-refractivity contribution < 1.29 is 4.21 Å². The summed E-state index contributed by atoms with van der Waals surface area (Å²) in [6.07, 6.45) is 2.73. The molecule has 1 aromatic carbocycles. The summed E-state index contributed by atoms with van der Waals surface area (Å²) in [6.45, 7) is 8.22. The molecule has 0 aliphatic carbocycles. The van der Waals surface area contributed by atoms with E-state index in [2.05, 4.69) is 22.9 Å². The van der Waals surface area contributed by atoms with Gasteiger partial charge in [0.1, 0.15) is 9.92 Å². The first-order valence-electron chi connectivity index (χ1n) is 7.34. The van der Waals surface area contributed by atoms with E-state index in [1.165, 1.54) is 0 Å². The van der Waals surface area contributed by atoms with Crippen molar-refractivity contribution in [2.45, 2.75) is 63.9 Å². The number of hydrogen-bond donors (Lipinski definition) is 2. The molecule has 2 unspecified atom stereocenters. The molecule has 0 heterocycles. The molecule has 20 heavy (non-hydrogen) atoms. The average molecular weight is 297 g/mol. The van der Waals surface area contributed by atoms with Gasteiger partial charge in [-0.1, -0.05) is 20.8 Å². The van der Waals surface area contributed by atoms with E-state index < -0.39 is 9.92 Å². The summed E-state index contributed by atoms with van der Waals surface area (Å²) in [5, 5.41) is 0. The highest BCUT2D eigenvalue weighted by Crippen LogP contribution is 2.17. The van der Waals surface area contributed by atoms with Gasteiger partial charge in [-0.2, -0.15) is 0 Å². The third kappa shape index (κ3) is 4.49. The fraction of sp³-hybridized carbons (Fsp3) is 0.600. The highest BCUT2D eigenvalue weighted by Gasteiger charge is 2.17. The third-order valence-corrected chi connectivity index (χ3v) is 5.65. The first kappa shape index (κ1) is 17.0. The van der Waals surface area contributed by atoms with Crippen molar-refractivity contribution in [1.29, 1.82) is 0 Å². The Morgan fingerprint density at radius 2 is 1.70 bits per heavy atom. The second-order valence-electron chi connectivity index (χ2n) is 5.09. The molecule has 3 N–H and O–H groups in total. The van der Waals surface area contributed by atoms with Gasteiger partial charge in [-0.05, 0) is 50.5 Å². The fourth-order valence-corrected chi connectivity index (χ4v) is 4.09. The molecule has 0 amide bonds. The predicted octanol–water partition coefficient (Wildman–Crippen LogP) is 3.59. The normalized spacial score (nSPS) is 15.8. The zero-order chi connectivity index (χ0) is 15.2. The molecule has 0 radical (unpaired) electrons. The van der Waals surface area contributed by atoms with Crippen LogP contribution in [0, 0.1) is 0 Å². The van der Waals surface area contributed by atoms with Gasteiger partial charge < -0.3 is 5.73 Å². The molecule has 0 spiro atoms. The third-order valence-electron chi connectivity index (χ3n) is 3.43. The number of nitrogens with two attached hydrogens (primary N) is 1. The summed E-state index contributed by atoms with van der Waals surface area (Å²) in [7, 11) is -2.60. The molecule has 5 heteroatoms. The van der Waals surface area contributed by atoms with Crippen molar-refractivity contribution in [1.82, 2.24) is 4.72 Å². The van der Waals surface area contributed by atoms with Gasteiger partial charge in [0.25, 0.3) is 0 Å². The minimum atomic E-state index is -2.60. The van der Waals surface area contributed by atoms with Crippen LogP contribution in [-0.4, -0.2) is 16.3 Å². The zero-order valence-electron chi connectivity index (χ0n) is 12.9. The molecule has 1 rings (SSSR count). The number of benzene rings is 1. The maximum absolute atomic E-state index is 13.3. The molecule has 0 saturated carbocycles. The van der Waals surface area contributed by atoms with Crippen molar-refractivity contribution in [3.8, 4) is 0 Å². The van der Waals surface area contributed by atoms with E-state index in [1.807, 2.05) is 13.8 Å². The number of nitrogen functional groups attached to an aromatic ring is 1. The van der Waals surface area contributed by atoms with Gasteiger partial charge in [-0.25, -0.2) is 13.3 Å². The van der Waals surface area contributed by atoms with Crippen LogP contribution in [0.5, 0.6) is 0 Å². The lowest BCUT2D eigenvalue weighted by atomic mass is 10.2. The van der Waals surface area contributed by atoms with E-state index in [9.17, 15) is 4.21 Å². The lowest BCUT2D eigenvalue weighted by molar-refractivity contribution is 0.563. The van der Waals surface area contributed by atoms with E-state index in [1.54, 1.807) is 24.3 Å². The van der Waals surface area contributed by atoms with E-state index in [0.717, 1.165) is 19.3 Å². The van der Waals surface area contributed by atoms with Gasteiger partial charge in [-0.15, -0.1) is 0 Å². The first-order valence-corrected chi connectivity index (χ1v) is 8.85. The highest BCUT2D eigenvalue weighted by atomic mass is 32.2. The van der Waals surface area contributed by atoms with E-state index in [-0.39, 0.29) is 12.1 Å². The summed E-state index contributed by atoms with van der Waals surface area (Å²) in [4.78, 5) is 0.707. The van der Waals surface area contributed by atoms with E-state index in [4.69, 9.17) is 5.73 Å². The molecule has 4 nitrogen and oxygen atoms in total. The molecule has 0 aromatic heterocycles. The summed E-state index contributed by atoms with van der Waals surface area (Å²) < 4.78 is 21.1. The molecule has 0 bridgehead atoms. The van der Waals surface area contributed by atoms with Gasteiger partial charge in [0.05, 0.1) is 10.9 Å². The molecule has 114 valence electrons. The summed E-state index contributed by atoms with van der Waals surface area (Å²) in [5.41, 5.74) is 6.38. The topological polar surface area (TPSA) is 67.5 Å². The van der Waals surface area contributed by atoms with Crippen LogP contribution >= 0.6 is 0 Å². The lowest BCUT2D eigenvalue weighted by Gasteiger charge is -2.20. The monoisotopic (exact) mass is 297 g/mol. The van der Waals surface area contributed by atoms with Crippen LogP contribution in [0.4, 0.5) is 5.69 Å². The van der Waals surface area contributed by atoms with Crippen molar-refractivity contribution in [3.05, 3.63) is 24.3 Å². The molecular weight excluding hydrogens is 270 g/mol. The molecule has 0 aliphatic heterocycles. The number of hydrogen-bond acceptors (Lipinski definition) is 3. The Morgan fingerprint density at radius 3 is 2.15 bits per heavy atom. The maximum Gasteiger partial charge on any atom is 0.137 e. The minimum absolute atomic E-state index is 0.0573. The van der Waals surface area contributed by atoms with Gasteiger partial charge >= 0.3 is 0 Å². The van der Waals surface area contributed by atoms with Gasteiger partial charge in [0, 0.05) is 11.7 Å². The second kappa shape index (κ2) is 7.64. The van der Waals surface area contributed by atoms with E-state index >= 15 is 0 Å². The molecule has 1 aromatic rings. The van der Waals surface area contributed by atoms with Crippen molar-refractivity contribution in [3.63, 3.8) is 0 Å². The predicted molar refractivity (Wildman–Crippen MR) is 86.9 cm³/mol. The minimum Gasteiger partial charge on any atom is -0.399 e. The van der Waals surface area contributed by atoms with Crippen molar-refractivity contribution >= 4 is 15.6 Å². The lowest BCUT2D eigenvalue weighted by Crippen LogP contribution is -2.34. The van der Waals surface area contributed by atoms with Crippen molar-refractivity contribution in [2.24, 2.45) is 4.36 Å². The summed E-state index contributed by atoms with van der Waals surface area (Å²) >= 11 is 0. The average Bonchev–Trinajstić information content (AvgIpc) is 2.45. The summed E-state index contributed by atoms with van der Waals surface area (Å²) in [5.74, 6) is 0. The van der Waals surface area contributed by atoms with Crippen LogP contribution in [0.2, 0.25) is 0 Å². The highest BCUT2D eigenvalue weighted by molar-refractivity contribution is 7.91. The van der Waals surface area contributed by atoms with Crippen LogP contribution in [0.25, 0.3) is 0 Å². The molecule has 0 saturated heterocycles. The Labute approximate surface area is 123 Å². The first-order chi connectivity index (χ1) is 9.45. The summed E-state index contributed by atoms with van der Waals surface area (Å²) in [6, 6.07) is 7.42. The number of anilines is 1. The van der Waals surface area contributed by atoms with Crippen LogP contribution in [0.3, 0.4) is 0 Å². The number of nitrogens with zero attached hydrogens (tertiary/aromatic N) is 1. The smallest absolute Gasteiger partial charge is 0.137 e. The Bertz CT molecular complexity index is 514. The standard InChI is InChI=1S/C15H27N3OS/c1-5-12(4)17-20(19,18-14(6-2)7-3)15-10-8-13(16)9-11-15/h8-12,14H,5-7,16H2,1-4H3,(H,17,18,19). The van der Waals surface area contributed by atoms with Gasteiger partial charge in [-0.3, -0.25) is 0 Å². The fourth-order valence-electron chi connectivity index (χ4n) is 1.82. The Balaban J connectivity index is 3.23. The molecule has 0 aliphatic rings. The molecule has 2 atom stereocenters. The SMILES string of the molecule is CCC(C)N=S(=O)(NC(CC)CC)c1ccc(N)cc1. The maximum atomic E-state index is 13.3. The second-order valence-corrected chi connectivity index (χ2v) is 7.06. The van der Waals surface area contributed by atoms with Crippen molar-refractivity contribution in [2.75, 3.05) is 5.73 Å². The quantitative estimate of drug-likeness (QED) is 0.755. The molecule has 0 fully saturated rings. The molecular formula is C15H27N3OS. The Hall–Kier alpha value is -1.07. The Morgan fingerprint density at radius 1 is 1.15 bits per heavy atom. The van der Waals surface area contributed by atoms with Crippen LogP contribution in [0.1, 0.15) is 47.0 Å². The zero-order valence-corrected chi connectivity index (χ0v) is 13.7. The largest absolute Gasteiger partial charge is 0.399 e. The number of rotatable bonds is 7. The van der Waals surface area contributed by atoms with Crippen LogP contribution in [0.15, 0.2) is 33.5 Å². The Kier molecular flexibility index (Phi) is 6.49. The van der Waals surface area contributed by atoms with Gasteiger partial charge in [0.15, 0.2) is 0 Å². The van der Waals surface area contributed by atoms with Crippen LogP contribution < -0.4 is 10.5 Å².